The molecule has 0 amide bonds. The lowest BCUT2D eigenvalue weighted by Crippen LogP contribution is -2.15. The van der Waals surface area contributed by atoms with Gasteiger partial charge in [-0.05, 0) is 67.4 Å². The normalized spacial score (nSPS) is 10.8. The zero-order chi connectivity index (χ0) is 23.5. The van der Waals surface area contributed by atoms with Crippen molar-refractivity contribution in [3.63, 3.8) is 0 Å². The summed E-state index contributed by atoms with van der Waals surface area (Å²) in [7, 11) is 0. The van der Waals surface area contributed by atoms with Gasteiger partial charge >= 0.3 is 5.97 Å². The smallest absolute Gasteiger partial charge is 0.378 e. The predicted molar refractivity (Wildman–Crippen MR) is 127 cm³/mol. The number of aryl methyl sites for hydroxylation is 1. The van der Waals surface area contributed by atoms with Crippen LogP contribution in [-0.2, 0) is 4.74 Å². The van der Waals surface area contributed by atoms with E-state index in [1.165, 1.54) is 0 Å². The number of hydrogen-bond acceptors (Lipinski definition) is 5. The molecule has 0 spiro atoms. The summed E-state index contributed by atoms with van der Waals surface area (Å²) >= 11 is 12.0. The molecule has 8 heteroatoms. The highest BCUT2D eigenvalue weighted by Crippen LogP contribution is 2.26. The van der Waals surface area contributed by atoms with Crippen molar-refractivity contribution in [2.75, 3.05) is 6.61 Å². The molecule has 1 aromatic heterocycles. The first-order chi connectivity index (χ1) is 15.8. The fourth-order valence-electron chi connectivity index (χ4n) is 3.26. The molecule has 0 radical (unpaired) electrons. The Morgan fingerprint density at radius 3 is 2.39 bits per heavy atom. The molecule has 166 valence electrons. The molecular formula is C25H19Cl2N3O3. The van der Waals surface area contributed by atoms with Gasteiger partial charge in [0.25, 0.3) is 5.82 Å². The van der Waals surface area contributed by atoms with Crippen LogP contribution < -0.4 is 0 Å². The first-order valence-electron chi connectivity index (χ1n) is 10.1. The predicted octanol–water partition coefficient (Wildman–Crippen LogP) is 5.90. The van der Waals surface area contributed by atoms with Gasteiger partial charge < -0.3 is 4.74 Å². The van der Waals surface area contributed by atoms with Gasteiger partial charge in [0, 0.05) is 21.2 Å². The van der Waals surface area contributed by atoms with E-state index in [0.717, 1.165) is 16.8 Å². The Bertz CT molecular complexity index is 1350. The van der Waals surface area contributed by atoms with E-state index in [1.54, 1.807) is 47.1 Å². The second-order valence-corrected chi connectivity index (χ2v) is 8.28. The number of nitrogens with zero attached hydrogens (tertiary/aromatic N) is 3. The molecule has 0 fully saturated rings. The topological polar surface area (TPSA) is 74.1 Å². The summed E-state index contributed by atoms with van der Waals surface area (Å²) in [6.45, 7) is 3.52. The third-order valence-corrected chi connectivity index (χ3v) is 5.66. The summed E-state index contributed by atoms with van der Waals surface area (Å²) in [6, 6.07) is 19.3. The van der Waals surface area contributed by atoms with Crippen LogP contribution in [0.5, 0.6) is 0 Å². The number of carbonyl (C=O) groups is 2. The van der Waals surface area contributed by atoms with E-state index in [1.807, 2.05) is 38.1 Å². The van der Waals surface area contributed by atoms with Crippen molar-refractivity contribution >= 4 is 35.0 Å². The van der Waals surface area contributed by atoms with Gasteiger partial charge in [-0.2, -0.15) is 0 Å². The maximum absolute atomic E-state index is 12.7. The van der Waals surface area contributed by atoms with Crippen molar-refractivity contribution in [2.45, 2.75) is 13.8 Å². The minimum atomic E-state index is -0.801. The van der Waals surface area contributed by atoms with Crippen molar-refractivity contribution < 1.29 is 14.3 Å². The number of carbonyl (C=O) groups excluding carboxylic acids is 2. The van der Waals surface area contributed by atoms with E-state index in [-0.39, 0.29) is 11.6 Å². The second kappa shape index (κ2) is 9.57. The van der Waals surface area contributed by atoms with Crippen LogP contribution >= 0.6 is 23.2 Å². The molecule has 0 bridgehead atoms. The Morgan fingerprint density at radius 1 is 0.939 bits per heavy atom. The number of ether oxygens (including phenoxy) is 1. The van der Waals surface area contributed by atoms with Crippen LogP contribution in [-0.4, -0.2) is 33.1 Å². The van der Waals surface area contributed by atoms with Crippen molar-refractivity contribution in [3.05, 3.63) is 99.3 Å². The van der Waals surface area contributed by atoms with Gasteiger partial charge in [0.15, 0.2) is 18.2 Å². The Kier molecular flexibility index (Phi) is 6.58. The quantitative estimate of drug-likeness (QED) is 0.254. The minimum Gasteiger partial charge on any atom is -0.451 e. The zero-order valence-electron chi connectivity index (χ0n) is 17.9. The summed E-state index contributed by atoms with van der Waals surface area (Å²) in [5, 5.41) is 5.45. The Hall–Kier alpha value is -3.48. The van der Waals surface area contributed by atoms with Gasteiger partial charge in [0.2, 0.25) is 0 Å². The van der Waals surface area contributed by atoms with Gasteiger partial charge in [-0.15, -0.1) is 5.10 Å². The Morgan fingerprint density at radius 2 is 1.67 bits per heavy atom. The Labute approximate surface area is 200 Å². The lowest BCUT2D eigenvalue weighted by atomic mass is 10.1. The third-order valence-electron chi connectivity index (χ3n) is 5.18. The summed E-state index contributed by atoms with van der Waals surface area (Å²) in [5.41, 5.74) is 3.91. The number of benzene rings is 3. The highest BCUT2D eigenvalue weighted by molar-refractivity contribution is 6.31. The van der Waals surface area contributed by atoms with Gasteiger partial charge in [-0.1, -0.05) is 47.5 Å². The van der Waals surface area contributed by atoms with E-state index in [9.17, 15) is 9.59 Å². The highest BCUT2D eigenvalue weighted by Gasteiger charge is 2.22. The molecule has 0 aliphatic carbocycles. The molecule has 0 unspecified atom stereocenters. The number of halogens is 2. The first kappa shape index (κ1) is 22.7. The van der Waals surface area contributed by atoms with Crippen LogP contribution in [0.15, 0.2) is 66.7 Å². The average molecular weight is 480 g/mol. The molecule has 0 aliphatic rings. The monoisotopic (exact) mass is 479 g/mol. The van der Waals surface area contributed by atoms with Crippen molar-refractivity contribution in [2.24, 2.45) is 0 Å². The summed E-state index contributed by atoms with van der Waals surface area (Å²) < 4.78 is 6.80. The van der Waals surface area contributed by atoms with Crippen molar-refractivity contribution in [3.8, 4) is 17.1 Å². The van der Waals surface area contributed by atoms with E-state index in [4.69, 9.17) is 27.9 Å². The summed E-state index contributed by atoms with van der Waals surface area (Å²) in [6.07, 6.45) is 0. The van der Waals surface area contributed by atoms with E-state index in [2.05, 4.69) is 10.1 Å². The van der Waals surface area contributed by atoms with Gasteiger partial charge in [-0.25, -0.2) is 14.5 Å². The van der Waals surface area contributed by atoms with Gasteiger partial charge in [-0.3, -0.25) is 4.79 Å². The molecular weight excluding hydrogens is 461 g/mol. The number of aromatic nitrogens is 3. The molecule has 0 aliphatic heterocycles. The minimum absolute atomic E-state index is 0.158. The maximum Gasteiger partial charge on any atom is 0.378 e. The third kappa shape index (κ3) is 4.97. The molecule has 4 aromatic rings. The summed E-state index contributed by atoms with van der Waals surface area (Å²) in [4.78, 5) is 29.5. The van der Waals surface area contributed by atoms with Crippen LogP contribution in [0.1, 0.15) is 32.1 Å². The molecule has 3 aromatic carbocycles. The molecule has 0 atom stereocenters. The average Bonchev–Trinajstić information content (AvgIpc) is 3.25. The van der Waals surface area contributed by atoms with Crippen LogP contribution in [0.4, 0.5) is 0 Å². The SMILES string of the molecule is Cc1cccc(-n2nc(C(=O)OCC(=O)c3ccc(Cl)cc3)nc2-c2cccc(Cl)c2)c1C. The Balaban J connectivity index is 1.66. The molecule has 33 heavy (non-hydrogen) atoms. The number of ketones is 1. The number of Topliss-reactive ketones (excluding diaryl/α,β-unsaturated/α-hetero) is 1. The largest absolute Gasteiger partial charge is 0.451 e. The molecule has 0 saturated carbocycles. The maximum atomic E-state index is 12.7. The van der Waals surface area contributed by atoms with Crippen molar-refractivity contribution in [1.29, 1.82) is 0 Å². The lowest BCUT2D eigenvalue weighted by Gasteiger charge is -2.11. The van der Waals surface area contributed by atoms with Crippen molar-refractivity contribution in [1.82, 2.24) is 14.8 Å². The van der Waals surface area contributed by atoms with Crippen LogP contribution in [0.3, 0.4) is 0 Å². The zero-order valence-corrected chi connectivity index (χ0v) is 19.4. The summed E-state index contributed by atoms with van der Waals surface area (Å²) in [5.74, 6) is -0.884. The lowest BCUT2D eigenvalue weighted by molar-refractivity contribution is 0.0462. The molecule has 0 saturated heterocycles. The number of hydrogen-bond donors (Lipinski definition) is 0. The van der Waals surface area contributed by atoms with Crippen LogP contribution in [0.2, 0.25) is 10.0 Å². The van der Waals surface area contributed by atoms with Gasteiger partial charge in [0.1, 0.15) is 0 Å². The van der Waals surface area contributed by atoms with E-state index in [0.29, 0.717) is 27.0 Å². The fraction of sp³-hybridized carbons (Fsp3) is 0.120. The molecule has 6 nitrogen and oxygen atoms in total. The molecule has 4 rings (SSSR count). The number of rotatable bonds is 6. The van der Waals surface area contributed by atoms with Gasteiger partial charge in [0.05, 0.1) is 5.69 Å². The van der Waals surface area contributed by atoms with Crippen LogP contribution in [0.25, 0.3) is 17.1 Å². The van der Waals surface area contributed by atoms with Crippen LogP contribution in [0, 0.1) is 13.8 Å². The number of esters is 1. The first-order valence-corrected chi connectivity index (χ1v) is 10.8. The van der Waals surface area contributed by atoms with E-state index >= 15 is 0 Å². The molecule has 0 N–H and O–H groups in total. The standard InChI is InChI=1S/C25H19Cl2N3O3/c1-15-5-3-8-21(16(15)2)30-24(18-6-4-7-20(27)13-18)28-23(29-30)25(32)33-14-22(31)17-9-11-19(26)12-10-17/h3-13H,14H2,1-2H3. The molecule has 1 heterocycles. The highest BCUT2D eigenvalue weighted by atomic mass is 35.5. The fourth-order valence-corrected chi connectivity index (χ4v) is 3.58. The second-order valence-electron chi connectivity index (χ2n) is 7.41. The van der Waals surface area contributed by atoms with E-state index < -0.39 is 12.6 Å².